The molecule has 0 radical (unpaired) electrons. The Bertz CT molecular complexity index is 779. The van der Waals surface area contributed by atoms with Crippen molar-refractivity contribution in [3.63, 3.8) is 0 Å². The van der Waals surface area contributed by atoms with Crippen LogP contribution in [0.2, 0.25) is 0 Å². The number of nitrogens with zero attached hydrogens (tertiary/aromatic N) is 2. The number of carboxylic acids is 1. The standard InChI is InChI=1S/C20H23N3O3/c1-14(15-5-3-2-4-6-15)23-10-8-17(19(23)24)12-21-13-18-11-16(20(25)26)7-9-22-18/h2-7,9,11,14,17,21H,8,10,12-13H2,1H3,(H,25,26)/t14?,17-/m0/s1. The number of benzene rings is 1. The highest BCUT2D eigenvalue weighted by molar-refractivity contribution is 5.87. The Morgan fingerprint density at radius 2 is 2.12 bits per heavy atom. The van der Waals surface area contributed by atoms with E-state index in [2.05, 4.69) is 17.2 Å². The normalized spacial score (nSPS) is 18.1. The second-order valence-corrected chi connectivity index (χ2v) is 6.58. The van der Waals surface area contributed by atoms with Gasteiger partial charge < -0.3 is 15.3 Å². The van der Waals surface area contributed by atoms with Gasteiger partial charge in [0, 0.05) is 25.8 Å². The highest BCUT2D eigenvalue weighted by Gasteiger charge is 2.34. The van der Waals surface area contributed by atoms with Crippen LogP contribution in [0.5, 0.6) is 0 Å². The second-order valence-electron chi connectivity index (χ2n) is 6.58. The number of amides is 1. The van der Waals surface area contributed by atoms with Gasteiger partial charge in [0.05, 0.1) is 23.2 Å². The number of nitrogens with one attached hydrogen (secondary N) is 1. The van der Waals surface area contributed by atoms with E-state index in [-0.39, 0.29) is 23.4 Å². The van der Waals surface area contributed by atoms with Gasteiger partial charge in [-0.05, 0) is 31.0 Å². The molecule has 136 valence electrons. The van der Waals surface area contributed by atoms with Gasteiger partial charge in [0.25, 0.3) is 0 Å². The van der Waals surface area contributed by atoms with Gasteiger partial charge in [0.15, 0.2) is 0 Å². The van der Waals surface area contributed by atoms with Crippen molar-refractivity contribution in [1.82, 2.24) is 15.2 Å². The van der Waals surface area contributed by atoms with E-state index in [1.165, 1.54) is 12.3 Å². The SMILES string of the molecule is CC(c1ccccc1)N1CC[C@@H](CNCc2cc(C(=O)O)ccn2)C1=O. The van der Waals surface area contributed by atoms with E-state index < -0.39 is 5.97 Å². The van der Waals surface area contributed by atoms with Crippen molar-refractivity contribution >= 4 is 11.9 Å². The first-order valence-corrected chi connectivity index (χ1v) is 8.80. The van der Waals surface area contributed by atoms with Gasteiger partial charge in [-0.15, -0.1) is 0 Å². The Hall–Kier alpha value is -2.73. The molecule has 0 bridgehead atoms. The molecule has 3 rings (SSSR count). The summed E-state index contributed by atoms with van der Waals surface area (Å²) in [6.07, 6.45) is 2.32. The van der Waals surface area contributed by atoms with E-state index in [9.17, 15) is 9.59 Å². The number of carbonyl (C=O) groups excluding carboxylic acids is 1. The number of rotatable bonds is 7. The molecule has 2 N–H and O–H groups in total. The summed E-state index contributed by atoms with van der Waals surface area (Å²) >= 11 is 0. The van der Waals surface area contributed by atoms with E-state index >= 15 is 0 Å². The summed E-state index contributed by atoms with van der Waals surface area (Å²) in [7, 11) is 0. The minimum atomic E-state index is -0.967. The van der Waals surface area contributed by atoms with Crippen molar-refractivity contribution in [3.05, 3.63) is 65.5 Å². The molecular formula is C20H23N3O3. The summed E-state index contributed by atoms with van der Waals surface area (Å²) in [4.78, 5) is 29.8. The molecule has 1 fully saturated rings. The molecule has 0 saturated carbocycles. The summed E-state index contributed by atoms with van der Waals surface area (Å²) < 4.78 is 0. The third-order valence-electron chi connectivity index (χ3n) is 4.86. The van der Waals surface area contributed by atoms with E-state index in [1.807, 2.05) is 35.2 Å². The van der Waals surface area contributed by atoms with Crippen molar-refractivity contribution in [2.45, 2.75) is 25.9 Å². The predicted octanol–water partition coefficient (Wildman–Crippen LogP) is 2.48. The first-order chi connectivity index (χ1) is 12.6. The van der Waals surface area contributed by atoms with Crippen molar-refractivity contribution in [3.8, 4) is 0 Å². The minimum absolute atomic E-state index is 0.0520. The number of aromatic carboxylic acids is 1. The molecule has 1 aliphatic heterocycles. The predicted molar refractivity (Wildman–Crippen MR) is 97.6 cm³/mol. The third-order valence-corrected chi connectivity index (χ3v) is 4.86. The summed E-state index contributed by atoms with van der Waals surface area (Å²) in [5, 5.41) is 12.3. The largest absolute Gasteiger partial charge is 0.478 e. The maximum absolute atomic E-state index is 12.7. The Morgan fingerprint density at radius 1 is 1.35 bits per heavy atom. The highest BCUT2D eigenvalue weighted by Crippen LogP contribution is 2.28. The van der Waals surface area contributed by atoms with Gasteiger partial charge in [0.1, 0.15) is 0 Å². The van der Waals surface area contributed by atoms with Crippen LogP contribution in [0.15, 0.2) is 48.7 Å². The summed E-state index contributed by atoms with van der Waals surface area (Å²) in [5.41, 5.74) is 2.02. The smallest absolute Gasteiger partial charge is 0.335 e. The fourth-order valence-electron chi connectivity index (χ4n) is 3.33. The van der Waals surface area contributed by atoms with E-state index in [0.717, 1.165) is 18.5 Å². The topological polar surface area (TPSA) is 82.5 Å². The molecule has 26 heavy (non-hydrogen) atoms. The Balaban J connectivity index is 1.53. The molecule has 6 heteroatoms. The zero-order chi connectivity index (χ0) is 18.5. The molecule has 2 heterocycles. The van der Waals surface area contributed by atoms with Gasteiger partial charge in [-0.1, -0.05) is 30.3 Å². The maximum Gasteiger partial charge on any atom is 0.335 e. The average molecular weight is 353 g/mol. The maximum atomic E-state index is 12.7. The first kappa shape index (κ1) is 18.1. The number of hydrogen-bond donors (Lipinski definition) is 2. The van der Waals surface area contributed by atoms with Gasteiger partial charge in [-0.2, -0.15) is 0 Å². The lowest BCUT2D eigenvalue weighted by atomic mass is 10.1. The Labute approximate surface area is 152 Å². The summed E-state index contributed by atoms with van der Waals surface area (Å²) in [6.45, 7) is 3.83. The Morgan fingerprint density at radius 3 is 2.85 bits per heavy atom. The fourth-order valence-corrected chi connectivity index (χ4v) is 3.33. The van der Waals surface area contributed by atoms with Crippen LogP contribution in [0, 0.1) is 5.92 Å². The number of pyridine rings is 1. The lowest BCUT2D eigenvalue weighted by Crippen LogP contribution is -2.33. The van der Waals surface area contributed by atoms with E-state index in [1.54, 1.807) is 6.07 Å². The van der Waals surface area contributed by atoms with Crippen LogP contribution in [-0.2, 0) is 11.3 Å². The number of aromatic nitrogens is 1. The molecule has 2 aromatic rings. The zero-order valence-electron chi connectivity index (χ0n) is 14.8. The first-order valence-electron chi connectivity index (χ1n) is 8.80. The van der Waals surface area contributed by atoms with Crippen LogP contribution < -0.4 is 5.32 Å². The molecule has 1 aliphatic rings. The van der Waals surface area contributed by atoms with Gasteiger partial charge in [-0.25, -0.2) is 4.79 Å². The lowest BCUT2D eigenvalue weighted by molar-refractivity contribution is -0.132. The average Bonchev–Trinajstić information content (AvgIpc) is 3.03. The van der Waals surface area contributed by atoms with Crippen molar-refractivity contribution in [2.75, 3.05) is 13.1 Å². The molecule has 6 nitrogen and oxygen atoms in total. The minimum Gasteiger partial charge on any atom is -0.478 e. The highest BCUT2D eigenvalue weighted by atomic mass is 16.4. The molecule has 1 unspecified atom stereocenters. The van der Waals surface area contributed by atoms with Crippen LogP contribution in [0.1, 0.15) is 41.0 Å². The van der Waals surface area contributed by atoms with Gasteiger partial charge in [0.2, 0.25) is 5.91 Å². The number of carbonyl (C=O) groups is 2. The molecular weight excluding hydrogens is 330 g/mol. The van der Waals surface area contributed by atoms with Crippen LogP contribution >= 0.6 is 0 Å². The second kappa shape index (κ2) is 8.10. The summed E-state index contributed by atoms with van der Waals surface area (Å²) in [5.74, 6) is -0.852. The van der Waals surface area contributed by atoms with E-state index in [4.69, 9.17) is 5.11 Å². The van der Waals surface area contributed by atoms with Crippen LogP contribution in [0.4, 0.5) is 0 Å². The van der Waals surface area contributed by atoms with Crippen LogP contribution in [0.3, 0.4) is 0 Å². The number of carboxylic acid groups (broad SMARTS) is 1. The summed E-state index contributed by atoms with van der Waals surface area (Å²) in [6, 6.07) is 13.1. The molecule has 1 saturated heterocycles. The quantitative estimate of drug-likeness (QED) is 0.799. The van der Waals surface area contributed by atoms with Crippen LogP contribution in [-0.4, -0.2) is 40.0 Å². The van der Waals surface area contributed by atoms with Crippen molar-refractivity contribution in [2.24, 2.45) is 5.92 Å². The Kier molecular flexibility index (Phi) is 5.63. The third kappa shape index (κ3) is 4.08. The molecule has 1 aromatic carbocycles. The van der Waals surface area contributed by atoms with Gasteiger partial charge in [-0.3, -0.25) is 9.78 Å². The zero-order valence-corrected chi connectivity index (χ0v) is 14.8. The number of likely N-dealkylation sites (tertiary alicyclic amines) is 1. The number of hydrogen-bond acceptors (Lipinski definition) is 4. The van der Waals surface area contributed by atoms with Crippen LogP contribution in [0.25, 0.3) is 0 Å². The van der Waals surface area contributed by atoms with Gasteiger partial charge >= 0.3 is 5.97 Å². The molecule has 0 spiro atoms. The molecule has 1 aromatic heterocycles. The molecule has 2 atom stereocenters. The van der Waals surface area contributed by atoms with E-state index in [0.29, 0.717) is 18.8 Å². The fraction of sp³-hybridized carbons (Fsp3) is 0.350. The monoisotopic (exact) mass is 353 g/mol. The lowest BCUT2D eigenvalue weighted by Gasteiger charge is -2.25. The van der Waals surface area contributed by atoms with Crippen molar-refractivity contribution in [1.29, 1.82) is 0 Å². The molecule has 1 amide bonds. The molecule has 0 aliphatic carbocycles. The van der Waals surface area contributed by atoms with Crippen molar-refractivity contribution < 1.29 is 14.7 Å².